The van der Waals surface area contributed by atoms with Crippen LogP contribution in [0.2, 0.25) is 0 Å². The molecule has 1 N–H and O–H groups in total. The van der Waals surface area contributed by atoms with Crippen LogP contribution >= 0.6 is 0 Å². The molecule has 0 unspecified atom stereocenters. The van der Waals surface area contributed by atoms with E-state index >= 15 is 0 Å². The normalized spacial score (nSPS) is 15.7. The predicted molar refractivity (Wildman–Crippen MR) is 111 cm³/mol. The molecule has 1 aliphatic heterocycles. The summed E-state index contributed by atoms with van der Waals surface area (Å²) in [6, 6.07) is 15.8. The molecule has 4 rings (SSSR count). The van der Waals surface area contributed by atoms with E-state index in [1.54, 1.807) is 30.3 Å². The molecule has 3 aromatic rings. The van der Waals surface area contributed by atoms with Gasteiger partial charge in [-0.15, -0.1) is 0 Å². The average molecular weight is 398 g/mol. The molecule has 2 heterocycles. The Morgan fingerprint density at radius 3 is 2.14 bits per heavy atom. The Labute approximate surface area is 165 Å². The number of aromatic nitrogens is 2. The highest BCUT2D eigenvalue weighted by atomic mass is 32.2. The van der Waals surface area contributed by atoms with Crippen LogP contribution in [-0.4, -0.2) is 56.0 Å². The van der Waals surface area contributed by atoms with Crippen molar-refractivity contribution in [2.75, 3.05) is 42.3 Å². The minimum absolute atomic E-state index is 0.201. The third-order valence-corrected chi connectivity index (χ3v) is 6.31. The monoisotopic (exact) mass is 397 g/mol. The van der Waals surface area contributed by atoms with Crippen LogP contribution in [0.1, 0.15) is 6.92 Å². The molecule has 1 saturated heterocycles. The number of sulfonamides is 1. The molecule has 0 saturated carbocycles. The Kier molecular flexibility index (Phi) is 5.15. The van der Waals surface area contributed by atoms with Gasteiger partial charge in [0, 0.05) is 26.2 Å². The van der Waals surface area contributed by atoms with Crippen molar-refractivity contribution in [2.24, 2.45) is 0 Å². The van der Waals surface area contributed by atoms with Gasteiger partial charge in [0.2, 0.25) is 0 Å². The lowest BCUT2D eigenvalue weighted by Gasteiger charge is -2.35. The van der Waals surface area contributed by atoms with Crippen molar-refractivity contribution in [1.82, 2.24) is 14.9 Å². The second-order valence-corrected chi connectivity index (χ2v) is 8.41. The van der Waals surface area contributed by atoms with Crippen molar-refractivity contribution in [3.63, 3.8) is 0 Å². The van der Waals surface area contributed by atoms with E-state index in [0.29, 0.717) is 11.3 Å². The summed E-state index contributed by atoms with van der Waals surface area (Å²) in [5.41, 5.74) is 1.40. The van der Waals surface area contributed by atoms with Crippen molar-refractivity contribution in [1.29, 1.82) is 0 Å². The summed E-state index contributed by atoms with van der Waals surface area (Å²) in [6.45, 7) is 6.53. The number of anilines is 2. The van der Waals surface area contributed by atoms with Crippen molar-refractivity contribution < 1.29 is 8.42 Å². The third-order valence-electron chi connectivity index (χ3n) is 4.96. The first-order chi connectivity index (χ1) is 13.6. The summed E-state index contributed by atoms with van der Waals surface area (Å²) < 4.78 is 28.4. The zero-order chi connectivity index (χ0) is 19.6. The summed E-state index contributed by atoms with van der Waals surface area (Å²) in [6.07, 6.45) is 0. The quantitative estimate of drug-likeness (QED) is 0.713. The number of hydrogen-bond acceptors (Lipinski definition) is 6. The molecule has 8 heteroatoms. The number of benzene rings is 2. The Bertz CT molecular complexity index is 1060. The van der Waals surface area contributed by atoms with Gasteiger partial charge in [-0.2, -0.15) is 0 Å². The number of rotatable bonds is 5. The van der Waals surface area contributed by atoms with Gasteiger partial charge in [0.25, 0.3) is 10.0 Å². The highest BCUT2D eigenvalue weighted by Crippen LogP contribution is 2.28. The molecule has 0 atom stereocenters. The predicted octanol–water partition coefficient (Wildman–Crippen LogP) is 2.57. The molecular formula is C20H23N5O2S. The number of nitrogens with one attached hydrogen (secondary N) is 1. The molecule has 0 bridgehead atoms. The van der Waals surface area contributed by atoms with Crippen LogP contribution in [-0.2, 0) is 10.0 Å². The molecule has 0 amide bonds. The first kappa shape index (κ1) is 18.6. The number of hydrogen-bond donors (Lipinski definition) is 1. The largest absolute Gasteiger partial charge is 0.351 e. The van der Waals surface area contributed by atoms with Crippen molar-refractivity contribution >= 4 is 32.7 Å². The van der Waals surface area contributed by atoms with Crippen molar-refractivity contribution in [2.45, 2.75) is 11.8 Å². The lowest BCUT2D eigenvalue weighted by molar-refractivity contribution is 0.270. The molecule has 28 heavy (non-hydrogen) atoms. The van der Waals surface area contributed by atoms with Gasteiger partial charge in [0.05, 0.1) is 15.9 Å². The summed E-state index contributed by atoms with van der Waals surface area (Å²) in [4.78, 5) is 14.0. The molecule has 1 aliphatic rings. The Morgan fingerprint density at radius 1 is 0.893 bits per heavy atom. The van der Waals surface area contributed by atoms with Crippen LogP contribution in [0.15, 0.2) is 59.5 Å². The van der Waals surface area contributed by atoms with Gasteiger partial charge in [-0.25, -0.2) is 18.4 Å². The Morgan fingerprint density at radius 2 is 1.50 bits per heavy atom. The number of fused-ring (bicyclic) bond motifs is 1. The smallest absolute Gasteiger partial charge is 0.263 e. The molecule has 0 radical (unpaired) electrons. The zero-order valence-electron chi connectivity index (χ0n) is 15.7. The van der Waals surface area contributed by atoms with Crippen LogP contribution < -0.4 is 9.62 Å². The van der Waals surface area contributed by atoms with Crippen LogP contribution in [0.4, 0.5) is 11.6 Å². The number of nitrogens with zero attached hydrogens (tertiary/aromatic N) is 4. The highest BCUT2D eigenvalue weighted by Gasteiger charge is 2.24. The SMILES string of the molecule is CCN1CCN(c2nc3ccccc3nc2NS(=O)(=O)c2ccccc2)CC1. The van der Waals surface area contributed by atoms with Gasteiger partial charge in [0.15, 0.2) is 11.6 Å². The minimum atomic E-state index is -3.75. The first-order valence-electron chi connectivity index (χ1n) is 9.39. The topological polar surface area (TPSA) is 78.4 Å². The lowest BCUT2D eigenvalue weighted by atomic mass is 10.3. The number of likely N-dealkylation sites (N-methyl/N-ethyl adjacent to an activating group) is 1. The average Bonchev–Trinajstić information content (AvgIpc) is 2.74. The van der Waals surface area contributed by atoms with Gasteiger partial charge in [-0.1, -0.05) is 37.3 Å². The molecule has 0 aliphatic carbocycles. The maximum absolute atomic E-state index is 12.9. The Balaban J connectivity index is 1.74. The van der Waals surface area contributed by atoms with Gasteiger partial charge >= 0.3 is 0 Å². The first-order valence-corrected chi connectivity index (χ1v) is 10.9. The standard InChI is InChI=1S/C20H23N5O2S/c1-2-24-12-14-25(15-13-24)20-19(21-17-10-6-7-11-18(17)22-20)23-28(26,27)16-8-4-3-5-9-16/h3-11H,2,12-15H2,1H3,(H,21,23). The van der Waals surface area contributed by atoms with E-state index in [-0.39, 0.29) is 10.7 Å². The van der Waals surface area contributed by atoms with Crippen LogP contribution in [0.25, 0.3) is 11.0 Å². The van der Waals surface area contributed by atoms with E-state index in [9.17, 15) is 8.42 Å². The number of para-hydroxylation sites is 2. The molecule has 146 valence electrons. The molecule has 7 nitrogen and oxygen atoms in total. The van der Waals surface area contributed by atoms with Crippen LogP contribution in [0, 0.1) is 0 Å². The van der Waals surface area contributed by atoms with E-state index in [1.807, 2.05) is 24.3 Å². The highest BCUT2D eigenvalue weighted by molar-refractivity contribution is 7.92. The summed E-state index contributed by atoms with van der Waals surface area (Å²) in [5, 5.41) is 0. The van der Waals surface area contributed by atoms with Crippen molar-refractivity contribution in [3.05, 3.63) is 54.6 Å². The van der Waals surface area contributed by atoms with Crippen molar-refractivity contribution in [3.8, 4) is 0 Å². The summed E-state index contributed by atoms with van der Waals surface area (Å²) >= 11 is 0. The van der Waals surface area contributed by atoms with E-state index in [1.165, 1.54) is 0 Å². The van der Waals surface area contributed by atoms with Crippen LogP contribution in [0.3, 0.4) is 0 Å². The zero-order valence-corrected chi connectivity index (χ0v) is 16.6. The Hall–Kier alpha value is -2.71. The second kappa shape index (κ2) is 7.73. The fourth-order valence-corrected chi connectivity index (χ4v) is 4.37. The maximum Gasteiger partial charge on any atom is 0.263 e. The maximum atomic E-state index is 12.9. The van der Waals surface area contributed by atoms with E-state index in [0.717, 1.165) is 38.2 Å². The molecule has 0 spiro atoms. The second-order valence-electron chi connectivity index (χ2n) is 6.72. The molecule has 1 fully saturated rings. The van der Waals surface area contributed by atoms with Gasteiger partial charge in [-0.05, 0) is 30.8 Å². The number of piperazine rings is 1. The molecular weight excluding hydrogens is 374 g/mol. The fraction of sp³-hybridized carbons (Fsp3) is 0.300. The summed E-state index contributed by atoms with van der Waals surface area (Å²) in [7, 11) is -3.75. The fourth-order valence-electron chi connectivity index (χ4n) is 3.34. The van der Waals surface area contributed by atoms with E-state index in [4.69, 9.17) is 4.98 Å². The van der Waals surface area contributed by atoms with Crippen LogP contribution in [0.5, 0.6) is 0 Å². The third kappa shape index (κ3) is 3.79. The van der Waals surface area contributed by atoms with E-state index in [2.05, 4.69) is 26.4 Å². The van der Waals surface area contributed by atoms with Gasteiger partial charge < -0.3 is 9.80 Å². The lowest BCUT2D eigenvalue weighted by Crippen LogP contribution is -2.46. The van der Waals surface area contributed by atoms with E-state index < -0.39 is 10.0 Å². The molecule has 1 aromatic heterocycles. The summed E-state index contributed by atoms with van der Waals surface area (Å²) in [5.74, 6) is 0.849. The minimum Gasteiger partial charge on any atom is -0.351 e. The molecule has 2 aromatic carbocycles. The van der Waals surface area contributed by atoms with Gasteiger partial charge in [-0.3, -0.25) is 4.72 Å². The van der Waals surface area contributed by atoms with Gasteiger partial charge in [0.1, 0.15) is 0 Å².